The molecule has 3 heterocycles. The Hall–Kier alpha value is -3.44. The maximum Gasteiger partial charge on any atom is 0.261 e. The molecule has 0 saturated heterocycles. The van der Waals surface area contributed by atoms with E-state index >= 15 is 0 Å². The fraction of sp³-hybridized carbons (Fsp3) is 0.273. The molecule has 5 nitrogen and oxygen atoms in total. The van der Waals surface area contributed by atoms with Gasteiger partial charge in [0.25, 0.3) is 5.56 Å². The van der Waals surface area contributed by atoms with E-state index in [-0.39, 0.29) is 5.56 Å². The summed E-state index contributed by atoms with van der Waals surface area (Å²) in [6.45, 7) is 2.69. The van der Waals surface area contributed by atoms with Crippen LogP contribution in [0.25, 0.3) is 10.9 Å². The van der Waals surface area contributed by atoms with Gasteiger partial charge in [0.05, 0.1) is 22.5 Å². The van der Waals surface area contributed by atoms with Crippen LogP contribution in [-0.2, 0) is 13.0 Å². The molecule has 3 aromatic rings. The third kappa shape index (κ3) is 3.32. The number of aryl methyl sites for hydroxylation is 2. The molecule has 4 rings (SSSR count). The van der Waals surface area contributed by atoms with Crippen molar-refractivity contribution in [2.24, 2.45) is 0 Å². The van der Waals surface area contributed by atoms with Gasteiger partial charge in [-0.2, -0.15) is 5.26 Å². The predicted molar refractivity (Wildman–Crippen MR) is 103 cm³/mol. The lowest BCUT2D eigenvalue weighted by molar-refractivity contribution is 0.614. The van der Waals surface area contributed by atoms with Crippen molar-refractivity contribution in [3.63, 3.8) is 0 Å². The zero-order valence-electron chi connectivity index (χ0n) is 15.1. The van der Waals surface area contributed by atoms with Crippen molar-refractivity contribution < 1.29 is 0 Å². The van der Waals surface area contributed by atoms with Crippen LogP contribution in [0.5, 0.6) is 0 Å². The molecule has 0 atom stereocenters. The van der Waals surface area contributed by atoms with Crippen LogP contribution in [0.3, 0.4) is 0 Å². The average Bonchev–Trinajstić information content (AvgIpc) is 2.93. The molecule has 0 bridgehead atoms. The van der Waals surface area contributed by atoms with E-state index in [4.69, 9.17) is 10.2 Å². The van der Waals surface area contributed by atoms with E-state index in [0.717, 1.165) is 49.2 Å². The second-order valence-corrected chi connectivity index (χ2v) is 6.77. The Balaban J connectivity index is 1.81. The van der Waals surface area contributed by atoms with E-state index in [2.05, 4.69) is 22.9 Å². The van der Waals surface area contributed by atoms with Crippen LogP contribution in [0.1, 0.15) is 47.5 Å². The molecule has 1 aliphatic heterocycles. The lowest BCUT2D eigenvalue weighted by Crippen LogP contribution is -2.24. The van der Waals surface area contributed by atoms with E-state index in [1.807, 2.05) is 23.6 Å². The Labute approximate surface area is 157 Å². The first-order chi connectivity index (χ1) is 13.2. The van der Waals surface area contributed by atoms with Crippen LogP contribution in [-0.4, -0.2) is 14.5 Å². The third-order valence-electron chi connectivity index (χ3n) is 4.88. The molecular formula is C22H18N4O. The van der Waals surface area contributed by atoms with Crippen LogP contribution >= 0.6 is 0 Å². The number of hydrogen-bond acceptors (Lipinski definition) is 4. The normalized spacial score (nSPS) is 13.2. The van der Waals surface area contributed by atoms with Crippen molar-refractivity contribution in [3.05, 3.63) is 69.0 Å². The SMILES string of the molecule is Cc1cc2c(=O)n3c(nc2cc1C#Cc1cc(C#N)ccn1)CCCCC3. The van der Waals surface area contributed by atoms with Gasteiger partial charge in [-0.25, -0.2) is 9.97 Å². The van der Waals surface area contributed by atoms with Crippen LogP contribution in [0.4, 0.5) is 0 Å². The van der Waals surface area contributed by atoms with E-state index in [1.54, 1.807) is 18.3 Å². The van der Waals surface area contributed by atoms with E-state index < -0.39 is 0 Å². The van der Waals surface area contributed by atoms with Gasteiger partial charge in [-0.05, 0) is 55.5 Å². The first kappa shape index (κ1) is 17.0. The maximum absolute atomic E-state index is 12.9. The fourth-order valence-electron chi connectivity index (χ4n) is 3.41. The summed E-state index contributed by atoms with van der Waals surface area (Å²) in [4.78, 5) is 21.8. The van der Waals surface area contributed by atoms with Gasteiger partial charge in [0, 0.05) is 24.7 Å². The van der Waals surface area contributed by atoms with E-state index in [9.17, 15) is 4.79 Å². The van der Waals surface area contributed by atoms with Gasteiger partial charge in [-0.1, -0.05) is 12.3 Å². The summed E-state index contributed by atoms with van der Waals surface area (Å²) in [7, 11) is 0. The van der Waals surface area contributed by atoms with Crippen molar-refractivity contribution in [1.82, 2.24) is 14.5 Å². The van der Waals surface area contributed by atoms with Gasteiger partial charge in [0.1, 0.15) is 11.5 Å². The third-order valence-corrected chi connectivity index (χ3v) is 4.88. The monoisotopic (exact) mass is 354 g/mol. The van der Waals surface area contributed by atoms with Crippen LogP contribution in [0.15, 0.2) is 35.3 Å². The Morgan fingerprint density at radius 1 is 1.15 bits per heavy atom. The van der Waals surface area contributed by atoms with Gasteiger partial charge >= 0.3 is 0 Å². The largest absolute Gasteiger partial charge is 0.296 e. The Bertz CT molecular complexity index is 1210. The first-order valence-corrected chi connectivity index (χ1v) is 9.08. The number of pyridine rings is 1. The highest BCUT2D eigenvalue weighted by Gasteiger charge is 2.14. The smallest absolute Gasteiger partial charge is 0.261 e. The number of hydrogen-bond donors (Lipinski definition) is 0. The highest BCUT2D eigenvalue weighted by molar-refractivity contribution is 5.80. The van der Waals surface area contributed by atoms with Gasteiger partial charge in [-0.3, -0.25) is 9.36 Å². The van der Waals surface area contributed by atoms with E-state index in [0.29, 0.717) is 22.2 Å². The molecule has 132 valence electrons. The minimum atomic E-state index is 0.0443. The molecule has 27 heavy (non-hydrogen) atoms. The number of benzene rings is 1. The number of rotatable bonds is 0. The summed E-state index contributed by atoms with van der Waals surface area (Å²) in [6, 6.07) is 9.16. The number of aromatic nitrogens is 3. The Morgan fingerprint density at radius 2 is 2.04 bits per heavy atom. The molecule has 0 aliphatic carbocycles. The van der Waals surface area contributed by atoms with Crippen molar-refractivity contribution in [2.75, 3.05) is 0 Å². The lowest BCUT2D eigenvalue weighted by Gasteiger charge is -2.11. The summed E-state index contributed by atoms with van der Waals surface area (Å²) in [6.07, 6.45) is 5.64. The molecular weight excluding hydrogens is 336 g/mol. The zero-order chi connectivity index (χ0) is 18.8. The minimum Gasteiger partial charge on any atom is -0.296 e. The van der Waals surface area contributed by atoms with Gasteiger partial charge in [-0.15, -0.1) is 0 Å². The molecule has 0 radical (unpaired) electrons. The summed E-state index contributed by atoms with van der Waals surface area (Å²) < 4.78 is 1.83. The fourth-order valence-corrected chi connectivity index (χ4v) is 3.41. The molecule has 0 saturated carbocycles. The predicted octanol–water partition coefficient (Wildman–Crippen LogP) is 3.10. The van der Waals surface area contributed by atoms with Gasteiger partial charge < -0.3 is 0 Å². The van der Waals surface area contributed by atoms with Crippen LogP contribution in [0.2, 0.25) is 0 Å². The molecule has 0 amide bonds. The molecule has 0 unspecified atom stereocenters. The Kier molecular flexibility index (Phi) is 4.44. The van der Waals surface area contributed by atoms with Crippen molar-refractivity contribution in [3.8, 4) is 17.9 Å². The lowest BCUT2D eigenvalue weighted by atomic mass is 10.1. The van der Waals surface area contributed by atoms with Gasteiger partial charge in [0.15, 0.2) is 0 Å². The van der Waals surface area contributed by atoms with E-state index in [1.165, 1.54) is 0 Å². The van der Waals surface area contributed by atoms with Crippen molar-refractivity contribution in [1.29, 1.82) is 5.26 Å². The molecule has 2 aromatic heterocycles. The standard InChI is InChI=1S/C22H18N4O/c1-15-11-19-20(25-21-5-3-2-4-10-26(21)22(19)27)13-17(15)6-7-18-12-16(14-23)8-9-24-18/h8-9,11-13H,2-5,10H2,1H3. The summed E-state index contributed by atoms with van der Waals surface area (Å²) in [5.41, 5.74) is 3.56. The van der Waals surface area contributed by atoms with Crippen molar-refractivity contribution >= 4 is 10.9 Å². The average molecular weight is 354 g/mol. The molecule has 0 spiro atoms. The summed E-state index contributed by atoms with van der Waals surface area (Å²) >= 11 is 0. The van der Waals surface area contributed by atoms with Crippen molar-refractivity contribution in [2.45, 2.75) is 39.2 Å². The molecule has 0 N–H and O–H groups in total. The highest BCUT2D eigenvalue weighted by atomic mass is 16.1. The van der Waals surface area contributed by atoms with Crippen LogP contribution in [0, 0.1) is 30.1 Å². The molecule has 5 heteroatoms. The van der Waals surface area contributed by atoms with Crippen LogP contribution < -0.4 is 5.56 Å². The Morgan fingerprint density at radius 3 is 2.89 bits per heavy atom. The number of fused-ring (bicyclic) bond motifs is 2. The molecule has 1 aromatic carbocycles. The second-order valence-electron chi connectivity index (χ2n) is 6.77. The summed E-state index contributed by atoms with van der Waals surface area (Å²) in [5, 5.41) is 9.63. The molecule has 0 fully saturated rings. The quantitative estimate of drug-likeness (QED) is 0.582. The zero-order valence-corrected chi connectivity index (χ0v) is 15.1. The maximum atomic E-state index is 12.9. The topological polar surface area (TPSA) is 71.6 Å². The highest BCUT2D eigenvalue weighted by Crippen LogP contribution is 2.18. The number of nitrogens with zero attached hydrogens (tertiary/aromatic N) is 4. The minimum absolute atomic E-state index is 0.0443. The summed E-state index contributed by atoms with van der Waals surface area (Å²) in [5.74, 6) is 6.99. The first-order valence-electron chi connectivity index (χ1n) is 9.08. The van der Waals surface area contributed by atoms with Gasteiger partial charge in [0.2, 0.25) is 0 Å². The number of nitriles is 1. The second kappa shape index (κ2) is 7.05. The molecule has 1 aliphatic rings.